The number of nitrogens with one attached hydrogen (secondary N) is 2. The second-order valence-corrected chi connectivity index (χ2v) is 9.55. The summed E-state index contributed by atoms with van der Waals surface area (Å²) in [6.45, 7) is 13.7. The minimum absolute atomic E-state index is 0.324. The smallest absolute Gasteiger partial charge is 0.408 e. The van der Waals surface area contributed by atoms with Gasteiger partial charge in [0.15, 0.2) is 0 Å². The van der Waals surface area contributed by atoms with Crippen LogP contribution < -0.4 is 10.6 Å². The molecule has 8 nitrogen and oxygen atoms in total. The van der Waals surface area contributed by atoms with E-state index in [1.54, 1.807) is 39.0 Å². The third-order valence-electron chi connectivity index (χ3n) is 4.04. The summed E-state index contributed by atoms with van der Waals surface area (Å²) >= 11 is 0. The zero-order chi connectivity index (χ0) is 24.0. The van der Waals surface area contributed by atoms with Gasteiger partial charge in [-0.3, -0.25) is 9.59 Å². The summed E-state index contributed by atoms with van der Waals surface area (Å²) in [5.41, 5.74) is 0.224. The Bertz CT molecular complexity index is 846. The van der Waals surface area contributed by atoms with Crippen molar-refractivity contribution in [1.29, 1.82) is 5.26 Å². The number of benzene rings is 1. The number of hydrogen-bond donors (Lipinski definition) is 2. The number of nitrogens with zero attached hydrogens (tertiary/aromatic N) is 2. The molecule has 0 radical (unpaired) electrons. The van der Waals surface area contributed by atoms with Crippen molar-refractivity contribution in [1.82, 2.24) is 15.5 Å². The fourth-order valence-electron chi connectivity index (χ4n) is 2.92. The first-order valence-corrected chi connectivity index (χ1v) is 10.2. The standard InChI is InChI=1S/C23H34N4O4/c1-15-10-9-11-17(14-15)18(19(28)26-22(3,4)5)27(13-12-24)20(29)16(2)25-21(30)31-23(6,7)8/h9-11,14,16,18H,13H2,1-8H3,(H,25,30)(H,26,28). The largest absolute Gasteiger partial charge is 0.444 e. The van der Waals surface area contributed by atoms with E-state index in [4.69, 9.17) is 4.74 Å². The lowest BCUT2D eigenvalue weighted by molar-refractivity contribution is -0.142. The van der Waals surface area contributed by atoms with E-state index in [1.807, 2.05) is 39.8 Å². The third-order valence-corrected chi connectivity index (χ3v) is 4.04. The molecule has 0 fully saturated rings. The maximum Gasteiger partial charge on any atom is 0.408 e. The predicted octanol–water partition coefficient (Wildman–Crippen LogP) is 3.22. The molecule has 0 aliphatic rings. The van der Waals surface area contributed by atoms with Gasteiger partial charge in [-0.25, -0.2) is 4.79 Å². The van der Waals surface area contributed by atoms with Crippen LogP contribution in [0.2, 0.25) is 0 Å². The van der Waals surface area contributed by atoms with E-state index >= 15 is 0 Å². The molecule has 31 heavy (non-hydrogen) atoms. The monoisotopic (exact) mass is 430 g/mol. The molecule has 0 saturated carbocycles. The molecule has 8 heteroatoms. The molecule has 0 aromatic heterocycles. The quantitative estimate of drug-likeness (QED) is 0.673. The molecule has 0 saturated heterocycles. The van der Waals surface area contributed by atoms with E-state index in [0.29, 0.717) is 5.56 Å². The highest BCUT2D eigenvalue weighted by molar-refractivity contribution is 5.92. The van der Waals surface area contributed by atoms with Crippen molar-refractivity contribution >= 4 is 17.9 Å². The lowest BCUT2D eigenvalue weighted by Crippen LogP contribution is -2.54. The molecule has 0 heterocycles. The Morgan fingerprint density at radius 2 is 1.77 bits per heavy atom. The fourth-order valence-corrected chi connectivity index (χ4v) is 2.92. The highest BCUT2D eigenvalue weighted by atomic mass is 16.6. The minimum Gasteiger partial charge on any atom is -0.444 e. The molecule has 1 aromatic carbocycles. The van der Waals surface area contributed by atoms with Gasteiger partial charge in [-0.15, -0.1) is 0 Å². The van der Waals surface area contributed by atoms with Gasteiger partial charge in [0.05, 0.1) is 6.07 Å². The zero-order valence-corrected chi connectivity index (χ0v) is 19.7. The first-order chi connectivity index (χ1) is 14.1. The lowest BCUT2D eigenvalue weighted by atomic mass is 9.99. The summed E-state index contributed by atoms with van der Waals surface area (Å²) in [5.74, 6) is -0.978. The van der Waals surface area contributed by atoms with Crippen LogP contribution in [0.1, 0.15) is 65.6 Å². The molecule has 0 aliphatic heterocycles. The Hall–Kier alpha value is -3.08. The van der Waals surface area contributed by atoms with Crippen LogP contribution in [0, 0.1) is 18.3 Å². The summed E-state index contributed by atoms with van der Waals surface area (Å²) in [6.07, 6.45) is -0.753. The lowest BCUT2D eigenvalue weighted by Gasteiger charge is -2.34. The van der Waals surface area contributed by atoms with Crippen molar-refractivity contribution < 1.29 is 19.1 Å². The molecule has 0 aliphatic carbocycles. The summed E-state index contributed by atoms with van der Waals surface area (Å²) in [4.78, 5) is 39.7. The molecular formula is C23H34N4O4. The average molecular weight is 431 g/mol. The Balaban J connectivity index is 3.29. The zero-order valence-electron chi connectivity index (χ0n) is 19.7. The molecule has 3 amide bonds. The molecule has 2 N–H and O–H groups in total. The number of amides is 3. The maximum atomic E-state index is 13.2. The van der Waals surface area contributed by atoms with Crippen molar-refractivity contribution in [3.8, 4) is 6.07 Å². The highest BCUT2D eigenvalue weighted by Gasteiger charge is 2.35. The molecule has 170 valence electrons. The van der Waals surface area contributed by atoms with Crippen LogP contribution in [0.4, 0.5) is 4.79 Å². The number of nitriles is 1. The second-order valence-electron chi connectivity index (χ2n) is 9.55. The van der Waals surface area contributed by atoms with Crippen LogP contribution in [0.25, 0.3) is 0 Å². The number of ether oxygens (including phenoxy) is 1. The molecule has 0 bridgehead atoms. The van der Waals surface area contributed by atoms with Gasteiger partial charge in [0.2, 0.25) is 11.8 Å². The van der Waals surface area contributed by atoms with Gasteiger partial charge in [0.25, 0.3) is 0 Å². The topological polar surface area (TPSA) is 112 Å². The summed E-state index contributed by atoms with van der Waals surface area (Å²) in [5, 5.41) is 14.8. The molecule has 1 rings (SSSR count). The Morgan fingerprint density at radius 3 is 2.26 bits per heavy atom. The van der Waals surface area contributed by atoms with Gasteiger partial charge < -0.3 is 20.3 Å². The number of carbonyl (C=O) groups excluding carboxylic acids is 3. The average Bonchev–Trinajstić information content (AvgIpc) is 2.57. The Labute approximate surface area is 184 Å². The van der Waals surface area contributed by atoms with Crippen LogP contribution >= 0.6 is 0 Å². The number of alkyl carbamates (subject to hydrolysis) is 1. The number of rotatable bonds is 6. The summed E-state index contributed by atoms with van der Waals surface area (Å²) in [7, 11) is 0. The van der Waals surface area contributed by atoms with Crippen LogP contribution in [0.5, 0.6) is 0 Å². The predicted molar refractivity (Wildman–Crippen MR) is 118 cm³/mol. The number of aryl methyl sites for hydroxylation is 1. The Morgan fingerprint density at radius 1 is 1.16 bits per heavy atom. The van der Waals surface area contributed by atoms with Gasteiger partial charge in [0, 0.05) is 5.54 Å². The van der Waals surface area contributed by atoms with E-state index in [0.717, 1.165) is 5.56 Å². The van der Waals surface area contributed by atoms with Crippen molar-refractivity contribution in [3.05, 3.63) is 35.4 Å². The van der Waals surface area contributed by atoms with Crippen LogP contribution in [-0.4, -0.2) is 46.5 Å². The third kappa shape index (κ3) is 8.67. The van der Waals surface area contributed by atoms with Gasteiger partial charge in [0.1, 0.15) is 24.2 Å². The summed E-state index contributed by atoms with van der Waals surface area (Å²) < 4.78 is 5.21. The second kappa shape index (κ2) is 10.3. The van der Waals surface area contributed by atoms with Crippen LogP contribution in [0.3, 0.4) is 0 Å². The maximum absolute atomic E-state index is 13.2. The van der Waals surface area contributed by atoms with Crippen molar-refractivity contribution in [3.63, 3.8) is 0 Å². The first kappa shape index (κ1) is 26.0. The highest BCUT2D eigenvalue weighted by Crippen LogP contribution is 2.24. The Kier molecular flexibility index (Phi) is 8.62. The SMILES string of the molecule is Cc1cccc(C(C(=O)NC(C)(C)C)N(CC#N)C(=O)C(C)NC(=O)OC(C)(C)C)c1. The normalized spacial score (nSPS) is 13.4. The summed E-state index contributed by atoms with van der Waals surface area (Å²) in [6, 6.07) is 7.14. The fraction of sp³-hybridized carbons (Fsp3) is 0.565. The van der Waals surface area contributed by atoms with Crippen LogP contribution in [-0.2, 0) is 14.3 Å². The van der Waals surface area contributed by atoms with E-state index in [2.05, 4.69) is 10.6 Å². The van der Waals surface area contributed by atoms with Gasteiger partial charge in [-0.1, -0.05) is 29.8 Å². The van der Waals surface area contributed by atoms with Crippen LogP contribution in [0.15, 0.2) is 24.3 Å². The van der Waals surface area contributed by atoms with Gasteiger partial charge >= 0.3 is 6.09 Å². The molecule has 1 aromatic rings. The minimum atomic E-state index is -1.03. The van der Waals surface area contributed by atoms with E-state index < -0.39 is 41.1 Å². The van der Waals surface area contributed by atoms with E-state index in [1.165, 1.54) is 11.8 Å². The van der Waals surface area contributed by atoms with Gasteiger partial charge in [-0.2, -0.15) is 5.26 Å². The number of hydrogen-bond acceptors (Lipinski definition) is 5. The number of carbonyl (C=O) groups is 3. The molecule has 2 atom stereocenters. The van der Waals surface area contributed by atoms with Crippen molar-refractivity contribution in [2.45, 2.75) is 78.6 Å². The van der Waals surface area contributed by atoms with E-state index in [-0.39, 0.29) is 6.54 Å². The van der Waals surface area contributed by atoms with Crippen molar-refractivity contribution in [2.24, 2.45) is 0 Å². The molecular weight excluding hydrogens is 396 g/mol. The first-order valence-electron chi connectivity index (χ1n) is 10.2. The van der Waals surface area contributed by atoms with E-state index in [9.17, 15) is 19.6 Å². The van der Waals surface area contributed by atoms with Gasteiger partial charge in [-0.05, 0) is 61.0 Å². The molecule has 0 spiro atoms. The molecule has 2 unspecified atom stereocenters. The van der Waals surface area contributed by atoms with Crippen molar-refractivity contribution in [2.75, 3.05) is 6.54 Å².